The maximum atomic E-state index is 13.2. The standard InChI is InChI=1S/C12H12F4N2O/c13-10-2-1-6(3-9(10)12(14,15)16)7-4-18-5-8(7)11(17)19/h1-3,7-8,18H,4-5H2,(H2,17,19). The van der Waals surface area contributed by atoms with E-state index in [4.69, 9.17) is 5.73 Å². The summed E-state index contributed by atoms with van der Waals surface area (Å²) in [6.07, 6.45) is -4.76. The van der Waals surface area contributed by atoms with Crippen LogP contribution in [0.5, 0.6) is 0 Å². The Balaban J connectivity index is 2.38. The van der Waals surface area contributed by atoms with Gasteiger partial charge in [0.05, 0.1) is 11.5 Å². The van der Waals surface area contributed by atoms with Crippen LogP contribution in [0.2, 0.25) is 0 Å². The number of carbonyl (C=O) groups is 1. The van der Waals surface area contributed by atoms with Gasteiger partial charge in [-0.2, -0.15) is 13.2 Å². The molecule has 1 aliphatic heterocycles. The van der Waals surface area contributed by atoms with Crippen molar-refractivity contribution in [3.8, 4) is 0 Å². The van der Waals surface area contributed by atoms with Crippen LogP contribution < -0.4 is 11.1 Å². The molecule has 3 nitrogen and oxygen atoms in total. The number of benzene rings is 1. The number of amides is 1. The van der Waals surface area contributed by atoms with Crippen molar-refractivity contribution in [3.63, 3.8) is 0 Å². The van der Waals surface area contributed by atoms with Gasteiger partial charge in [0.25, 0.3) is 0 Å². The van der Waals surface area contributed by atoms with Crippen LogP contribution in [0, 0.1) is 11.7 Å². The van der Waals surface area contributed by atoms with E-state index in [9.17, 15) is 22.4 Å². The lowest BCUT2D eigenvalue weighted by molar-refractivity contribution is -0.140. The molecule has 1 heterocycles. The molecule has 1 aromatic carbocycles. The lowest BCUT2D eigenvalue weighted by Crippen LogP contribution is -2.28. The number of nitrogens with one attached hydrogen (secondary N) is 1. The number of halogens is 4. The van der Waals surface area contributed by atoms with Gasteiger partial charge in [-0.15, -0.1) is 0 Å². The number of primary amides is 1. The highest BCUT2D eigenvalue weighted by Gasteiger charge is 2.37. The summed E-state index contributed by atoms with van der Waals surface area (Å²) < 4.78 is 51.1. The van der Waals surface area contributed by atoms with Crippen LogP contribution in [0.1, 0.15) is 17.0 Å². The normalized spacial score (nSPS) is 23.6. The summed E-state index contributed by atoms with van der Waals surface area (Å²) in [6.45, 7) is 0.662. The van der Waals surface area contributed by atoms with Gasteiger partial charge in [0, 0.05) is 19.0 Å². The Hall–Kier alpha value is -1.63. The summed E-state index contributed by atoms with van der Waals surface area (Å²) in [5, 5.41) is 2.90. The molecule has 2 atom stereocenters. The van der Waals surface area contributed by atoms with Crippen LogP contribution in [-0.2, 0) is 11.0 Å². The lowest BCUT2D eigenvalue weighted by atomic mass is 9.87. The number of rotatable bonds is 2. The van der Waals surface area contributed by atoms with E-state index >= 15 is 0 Å². The fourth-order valence-electron chi connectivity index (χ4n) is 2.32. The van der Waals surface area contributed by atoms with Crippen LogP contribution in [0.4, 0.5) is 17.6 Å². The Labute approximate surface area is 106 Å². The second kappa shape index (κ2) is 4.80. The Morgan fingerprint density at radius 1 is 1.32 bits per heavy atom. The van der Waals surface area contributed by atoms with Gasteiger partial charge < -0.3 is 11.1 Å². The minimum Gasteiger partial charge on any atom is -0.369 e. The number of hydrogen-bond acceptors (Lipinski definition) is 2. The highest BCUT2D eigenvalue weighted by Crippen LogP contribution is 2.35. The molecule has 1 amide bonds. The molecule has 19 heavy (non-hydrogen) atoms. The summed E-state index contributed by atoms with van der Waals surface area (Å²) in [4.78, 5) is 11.2. The van der Waals surface area contributed by atoms with E-state index in [2.05, 4.69) is 5.32 Å². The molecule has 2 rings (SSSR count). The van der Waals surface area contributed by atoms with Crippen molar-refractivity contribution >= 4 is 5.91 Å². The molecule has 104 valence electrons. The first-order valence-corrected chi connectivity index (χ1v) is 5.67. The largest absolute Gasteiger partial charge is 0.419 e. The van der Waals surface area contributed by atoms with Crippen LogP contribution >= 0.6 is 0 Å². The van der Waals surface area contributed by atoms with Crippen LogP contribution in [0.3, 0.4) is 0 Å². The topological polar surface area (TPSA) is 55.1 Å². The predicted molar refractivity (Wildman–Crippen MR) is 59.7 cm³/mol. The minimum atomic E-state index is -4.76. The smallest absolute Gasteiger partial charge is 0.369 e. The Kier molecular flexibility index (Phi) is 3.49. The molecule has 1 aliphatic rings. The number of nitrogens with two attached hydrogens (primary N) is 1. The molecule has 0 bridgehead atoms. The average molecular weight is 276 g/mol. The van der Waals surface area contributed by atoms with Crippen molar-refractivity contribution in [2.75, 3.05) is 13.1 Å². The summed E-state index contributed by atoms with van der Waals surface area (Å²) in [5.74, 6) is -2.93. The minimum absolute atomic E-state index is 0.266. The quantitative estimate of drug-likeness (QED) is 0.807. The van der Waals surface area contributed by atoms with Gasteiger partial charge in [-0.3, -0.25) is 4.79 Å². The van der Waals surface area contributed by atoms with E-state index < -0.39 is 35.3 Å². The van der Waals surface area contributed by atoms with E-state index in [0.29, 0.717) is 13.1 Å². The Bertz CT molecular complexity index is 501. The monoisotopic (exact) mass is 276 g/mol. The van der Waals surface area contributed by atoms with Crippen molar-refractivity contribution in [2.24, 2.45) is 11.7 Å². The molecule has 1 fully saturated rings. The first-order valence-electron chi connectivity index (χ1n) is 5.67. The van der Waals surface area contributed by atoms with Crippen molar-refractivity contribution in [1.82, 2.24) is 5.32 Å². The highest BCUT2D eigenvalue weighted by molar-refractivity contribution is 5.78. The zero-order chi connectivity index (χ0) is 14.2. The number of carbonyl (C=O) groups excluding carboxylic acids is 1. The van der Waals surface area contributed by atoms with Gasteiger partial charge in [-0.05, 0) is 17.7 Å². The SMILES string of the molecule is NC(=O)C1CNCC1c1ccc(F)c(C(F)(F)F)c1. The van der Waals surface area contributed by atoms with Gasteiger partial charge in [0.2, 0.25) is 5.91 Å². The number of alkyl halides is 3. The molecule has 1 aromatic rings. The Morgan fingerprint density at radius 2 is 2.00 bits per heavy atom. The fourth-order valence-corrected chi connectivity index (χ4v) is 2.32. The summed E-state index contributed by atoms with van der Waals surface area (Å²) >= 11 is 0. The third kappa shape index (κ3) is 2.70. The van der Waals surface area contributed by atoms with Gasteiger partial charge >= 0.3 is 6.18 Å². The third-order valence-electron chi connectivity index (χ3n) is 3.30. The first-order chi connectivity index (χ1) is 8.80. The molecule has 2 unspecified atom stereocenters. The van der Waals surface area contributed by atoms with E-state index in [-0.39, 0.29) is 5.56 Å². The summed E-state index contributed by atoms with van der Waals surface area (Å²) in [7, 11) is 0. The molecule has 0 aliphatic carbocycles. The van der Waals surface area contributed by atoms with Crippen LogP contribution in [-0.4, -0.2) is 19.0 Å². The van der Waals surface area contributed by atoms with Crippen molar-refractivity contribution < 1.29 is 22.4 Å². The third-order valence-corrected chi connectivity index (χ3v) is 3.30. The van der Waals surface area contributed by atoms with Gasteiger partial charge in [0.15, 0.2) is 0 Å². The van der Waals surface area contributed by atoms with E-state index in [1.165, 1.54) is 6.07 Å². The van der Waals surface area contributed by atoms with Crippen molar-refractivity contribution in [1.29, 1.82) is 0 Å². The molecule has 7 heteroatoms. The molecule has 1 saturated heterocycles. The maximum Gasteiger partial charge on any atom is 0.419 e. The Morgan fingerprint density at radius 3 is 2.58 bits per heavy atom. The van der Waals surface area contributed by atoms with E-state index in [1.54, 1.807) is 0 Å². The summed E-state index contributed by atoms with van der Waals surface area (Å²) in [5.41, 5.74) is 4.15. The molecular weight excluding hydrogens is 264 g/mol. The van der Waals surface area contributed by atoms with Crippen LogP contribution in [0.15, 0.2) is 18.2 Å². The molecule has 0 spiro atoms. The lowest BCUT2D eigenvalue weighted by Gasteiger charge is -2.18. The first kappa shape index (κ1) is 13.8. The average Bonchev–Trinajstić information content (AvgIpc) is 2.77. The zero-order valence-corrected chi connectivity index (χ0v) is 9.80. The second-order valence-electron chi connectivity index (χ2n) is 4.51. The second-order valence-corrected chi connectivity index (χ2v) is 4.51. The highest BCUT2D eigenvalue weighted by atomic mass is 19.4. The summed E-state index contributed by atoms with van der Waals surface area (Å²) in [6, 6.07) is 2.79. The van der Waals surface area contributed by atoms with Crippen molar-refractivity contribution in [3.05, 3.63) is 35.1 Å². The molecule has 0 aromatic heterocycles. The predicted octanol–water partition coefficient (Wildman–Crippen LogP) is 1.63. The van der Waals surface area contributed by atoms with Gasteiger partial charge in [0.1, 0.15) is 5.82 Å². The fraction of sp³-hybridized carbons (Fsp3) is 0.417. The molecule has 0 saturated carbocycles. The molecule has 3 N–H and O–H groups in total. The maximum absolute atomic E-state index is 13.2. The zero-order valence-electron chi connectivity index (χ0n) is 9.80. The molecule has 0 radical (unpaired) electrons. The van der Waals surface area contributed by atoms with Gasteiger partial charge in [-0.1, -0.05) is 6.07 Å². The molecular formula is C12H12F4N2O. The van der Waals surface area contributed by atoms with Crippen LogP contribution in [0.25, 0.3) is 0 Å². The van der Waals surface area contributed by atoms with E-state index in [0.717, 1.165) is 12.1 Å². The number of hydrogen-bond donors (Lipinski definition) is 2. The van der Waals surface area contributed by atoms with E-state index in [1.807, 2.05) is 0 Å². The van der Waals surface area contributed by atoms with Gasteiger partial charge in [-0.25, -0.2) is 4.39 Å². The van der Waals surface area contributed by atoms with Crippen molar-refractivity contribution in [2.45, 2.75) is 12.1 Å².